The number of nitrogens with one attached hydrogen (secondary N) is 1. The fraction of sp³-hybridized carbons (Fsp3) is 0.318. The number of sulfonamides is 1. The van der Waals surface area contributed by atoms with Crippen LogP contribution in [-0.4, -0.2) is 46.3 Å². The summed E-state index contributed by atoms with van der Waals surface area (Å²) in [5.41, 5.74) is 2.73. The van der Waals surface area contributed by atoms with E-state index >= 15 is 0 Å². The molecule has 168 valence electrons. The first kappa shape index (κ1) is 22.5. The molecule has 8 nitrogen and oxygen atoms in total. The van der Waals surface area contributed by atoms with Gasteiger partial charge in [0.15, 0.2) is 5.16 Å². The van der Waals surface area contributed by atoms with Crippen LogP contribution in [0.4, 0.5) is 5.69 Å². The molecule has 0 radical (unpaired) electrons. The van der Waals surface area contributed by atoms with Gasteiger partial charge in [0.05, 0.1) is 0 Å². The molecule has 1 aliphatic heterocycles. The number of benzene rings is 1. The number of aromatic nitrogens is 3. The summed E-state index contributed by atoms with van der Waals surface area (Å²) in [6.07, 6.45) is 3.22. The Bertz CT molecular complexity index is 1230. The Morgan fingerprint density at radius 1 is 1.03 bits per heavy atom. The molecule has 10 heteroatoms. The minimum atomic E-state index is -3.57. The molecule has 32 heavy (non-hydrogen) atoms. The van der Waals surface area contributed by atoms with Crippen molar-refractivity contribution in [3.05, 3.63) is 59.7 Å². The van der Waals surface area contributed by atoms with E-state index in [9.17, 15) is 13.2 Å². The quantitative estimate of drug-likeness (QED) is 0.552. The third-order valence-electron chi connectivity index (χ3n) is 5.20. The van der Waals surface area contributed by atoms with E-state index in [-0.39, 0.29) is 16.5 Å². The number of carbonyl (C=O) groups is 1. The lowest BCUT2D eigenvalue weighted by Gasteiger charge is -2.13. The van der Waals surface area contributed by atoms with Crippen LogP contribution in [0.25, 0.3) is 0 Å². The third-order valence-corrected chi connectivity index (χ3v) is 7.94. The molecule has 0 aliphatic carbocycles. The van der Waals surface area contributed by atoms with Crippen LogP contribution in [0.5, 0.6) is 0 Å². The first-order valence-electron chi connectivity index (χ1n) is 10.3. The number of amides is 1. The largest absolute Gasteiger partial charge is 0.345 e. The van der Waals surface area contributed by atoms with Crippen LogP contribution in [0.2, 0.25) is 0 Å². The van der Waals surface area contributed by atoms with E-state index in [0.717, 1.165) is 29.1 Å². The van der Waals surface area contributed by atoms with E-state index in [0.29, 0.717) is 23.9 Å². The number of hydrogen-bond donors (Lipinski definition) is 1. The summed E-state index contributed by atoms with van der Waals surface area (Å²) in [5.74, 6) is -0.367. The van der Waals surface area contributed by atoms with Crippen molar-refractivity contribution in [2.45, 2.75) is 41.6 Å². The first-order chi connectivity index (χ1) is 15.2. The Labute approximate surface area is 192 Å². The Balaban J connectivity index is 1.45. The molecular formula is C22H25N5O3S2. The van der Waals surface area contributed by atoms with Crippen molar-refractivity contribution in [2.24, 2.45) is 7.05 Å². The normalized spacial score (nSPS) is 14.6. The van der Waals surface area contributed by atoms with E-state index < -0.39 is 10.0 Å². The van der Waals surface area contributed by atoms with Crippen molar-refractivity contribution in [1.82, 2.24) is 18.8 Å². The minimum Gasteiger partial charge on any atom is -0.345 e. The van der Waals surface area contributed by atoms with Gasteiger partial charge in [0.25, 0.3) is 5.91 Å². The molecule has 1 saturated heterocycles. The van der Waals surface area contributed by atoms with Crippen molar-refractivity contribution >= 4 is 33.4 Å². The van der Waals surface area contributed by atoms with Gasteiger partial charge in [-0.15, -0.1) is 0 Å². The molecule has 2 aromatic heterocycles. The number of hydrogen-bond acceptors (Lipinski definition) is 6. The van der Waals surface area contributed by atoms with Crippen molar-refractivity contribution in [3.63, 3.8) is 0 Å². The summed E-state index contributed by atoms with van der Waals surface area (Å²) in [5, 5.41) is 3.51. The smallest absolute Gasteiger partial charge is 0.272 e. The minimum absolute atomic E-state index is 0.146. The van der Waals surface area contributed by atoms with E-state index in [1.807, 2.05) is 32.0 Å². The molecular weight excluding hydrogens is 446 g/mol. The van der Waals surface area contributed by atoms with Crippen LogP contribution < -0.4 is 5.32 Å². The molecule has 1 fully saturated rings. The van der Waals surface area contributed by atoms with Gasteiger partial charge in [0, 0.05) is 48.3 Å². The average Bonchev–Trinajstić information content (AvgIpc) is 3.39. The van der Waals surface area contributed by atoms with E-state index in [2.05, 4.69) is 15.3 Å². The molecule has 0 saturated carbocycles. The monoisotopic (exact) mass is 471 g/mol. The van der Waals surface area contributed by atoms with Crippen LogP contribution >= 0.6 is 11.8 Å². The van der Waals surface area contributed by atoms with Crippen molar-refractivity contribution in [3.8, 4) is 0 Å². The van der Waals surface area contributed by atoms with Crippen LogP contribution in [0.15, 0.2) is 57.5 Å². The van der Waals surface area contributed by atoms with Crippen molar-refractivity contribution in [1.29, 1.82) is 0 Å². The van der Waals surface area contributed by atoms with Crippen molar-refractivity contribution in [2.75, 3.05) is 18.4 Å². The van der Waals surface area contributed by atoms with Gasteiger partial charge in [-0.25, -0.2) is 18.4 Å². The van der Waals surface area contributed by atoms with E-state index in [1.54, 1.807) is 23.7 Å². The maximum absolute atomic E-state index is 12.8. The second kappa shape index (κ2) is 9.05. The highest BCUT2D eigenvalue weighted by atomic mass is 32.2. The lowest BCUT2D eigenvalue weighted by molar-refractivity contribution is 0.101. The van der Waals surface area contributed by atoms with Gasteiger partial charge >= 0.3 is 0 Å². The number of anilines is 1. The lowest BCUT2D eigenvalue weighted by Crippen LogP contribution is -2.27. The molecule has 0 bridgehead atoms. The maximum atomic E-state index is 12.8. The third kappa shape index (κ3) is 4.87. The molecule has 4 rings (SSSR count). The summed E-state index contributed by atoms with van der Waals surface area (Å²) >= 11 is 1.45. The van der Waals surface area contributed by atoms with Gasteiger partial charge in [0.1, 0.15) is 10.6 Å². The van der Waals surface area contributed by atoms with Gasteiger partial charge in [-0.2, -0.15) is 4.31 Å². The summed E-state index contributed by atoms with van der Waals surface area (Å²) < 4.78 is 28.6. The van der Waals surface area contributed by atoms with Gasteiger partial charge in [0.2, 0.25) is 10.0 Å². The Morgan fingerprint density at radius 2 is 1.66 bits per heavy atom. The SMILES string of the molecule is Cc1cc(C)nc(Sc2ccc(NC(=O)c3cc(S(=O)(=O)N4CCCC4)cn3C)cc2)n1. The predicted molar refractivity (Wildman–Crippen MR) is 123 cm³/mol. The summed E-state index contributed by atoms with van der Waals surface area (Å²) in [7, 11) is -1.90. The molecule has 0 spiro atoms. The zero-order chi connectivity index (χ0) is 22.9. The second-order valence-electron chi connectivity index (χ2n) is 7.80. The van der Waals surface area contributed by atoms with Crippen LogP contribution in [0, 0.1) is 13.8 Å². The lowest BCUT2D eigenvalue weighted by atomic mass is 10.3. The summed E-state index contributed by atoms with van der Waals surface area (Å²) in [6, 6.07) is 10.7. The highest BCUT2D eigenvalue weighted by Gasteiger charge is 2.29. The Kier molecular flexibility index (Phi) is 6.36. The average molecular weight is 472 g/mol. The molecule has 3 heterocycles. The summed E-state index contributed by atoms with van der Waals surface area (Å²) in [4.78, 5) is 22.7. The number of carbonyl (C=O) groups excluding carboxylic acids is 1. The first-order valence-corrected chi connectivity index (χ1v) is 12.6. The van der Waals surface area contributed by atoms with E-state index in [4.69, 9.17) is 0 Å². The summed E-state index contributed by atoms with van der Waals surface area (Å²) in [6.45, 7) is 4.91. The van der Waals surface area contributed by atoms with Crippen LogP contribution in [0.3, 0.4) is 0 Å². The fourth-order valence-corrected chi connectivity index (χ4v) is 6.08. The number of aryl methyl sites for hydroxylation is 3. The molecule has 1 aromatic carbocycles. The number of rotatable bonds is 6. The predicted octanol–water partition coefficient (Wildman–Crippen LogP) is 3.62. The maximum Gasteiger partial charge on any atom is 0.272 e. The van der Waals surface area contributed by atoms with Gasteiger partial charge in [-0.05, 0) is 74.8 Å². The molecule has 0 unspecified atom stereocenters. The highest BCUT2D eigenvalue weighted by Crippen LogP contribution is 2.27. The van der Waals surface area contributed by atoms with Crippen molar-refractivity contribution < 1.29 is 13.2 Å². The fourth-order valence-electron chi connectivity index (χ4n) is 3.62. The molecule has 1 amide bonds. The molecule has 3 aromatic rings. The Hall–Kier alpha value is -2.69. The van der Waals surface area contributed by atoms with Crippen LogP contribution in [-0.2, 0) is 17.1 Å². The van der Waals surface area contributed by atoms with Gasteiger partial charge in [-0.3, -0.25) is 4.79 Å². The van der Waals surface area contributed by atoms with Gasteiger partial charge in [-0.1, -0.05) is 0 Å². The number of nitrogens with zero attached hydrogens (tertiary/aromatic N) is 4. The Morgan fingerprint density at radius 3 is 2.28 bits per heavy atom. The van der Waals surface area contributed by atoms with E-state index in [1.165, 1.54) is 28.3 Å². The highest BCUT2D eigenvalue weighted by molar-refractivity contribution is 7.99. The van der Waals surface area contributed by atoms with Gasteiger partial charge < -0.3 is 9.88 Å². The topological polar surface area (TPSA) is 97.2 Å². The second-order valence-corrected chi connectivity index (χ2v) is 10.8. The zero-order valence-corrected chi connectivity index (χ0v) is 19.8. The standard InChI is InChI=1S/C22H25N5O3S2/c1-15-12-16(2)24-22(23-15)31-18-8-6-17(7-9-18)25-21(28)20-13-19(14-26(20)3)32(29,30)27-10-4-5-11-27/h6-9,12-14H,4-5,10-11H2,1-3H3,(H,25,28). The molecule has 1 aliphatic rings. The molecule has 0 atom stereocenters. The zero-order valence-electron chi connectivity index (χ0n) is 18.2. The van der Waals surface area contributed by atoms with Crippen LogP contribution in [0.1, 0.15) is 34.7 Å². The molecule has 1 N–H and O–H groups in total.